The average molecular weight is 331 g/mol. The zero-order valence-electron chi connectivity index (χ0n) is 12.9. The molecule has 0 saturated heterocycles. The minimum absolute atomic E-state index is 0.0430. The summed E-state index contributed by atoms with van der Waals surface area (Å²) in [5, 5.41) is 6.39. The molecule has 0 bridgehead atoms. The first-order valence-corrected chi connectivity index (χ1v) is 8.02. The number of amides is 1. The van der Waals surface area contributed by atoms with E-state index in [2.05, 4.69) is 5.32 Å². The van der Waals surface area contributed by atoms with Crippen LogP contribution in [0, 0.1) is 0 Å². The fourth-order valence-electron chi connectivity index (χ4n) is 1.88. The molecule has 1 heterocycles. The van der Waals surface area contributed by atoms with E-state index >= 15 is 0 Å². The van der Waals surface area contributed by atoms with Crippen LogP contribution < -0.4 is 5.32 Å². The Morgan fingerprint density at radius 1 is 1.17 bits per heavy atom. The molecule has 0 unspecified atom stereocenters. The normalized spacial score (nSPS) is 11.6. The van der Waals surface area contributed by atoms with Crippen molar-refractivity contribution >= 4 is 34.7 Å². The predicted molar refractivity (Wildman–Crippen MR) is 88.7 cm³/mol. The number of hydrogen-bond donors (Lipinski definition) is 1. The maximum atomic E-state index is 12.0. The van der Waals surface area contributed by atoms with Crippen LogP contribution in [0.4, 0.5) is 5.69 Å². The number of thiophene rings is 1. The number of carbonyl (C=O) groups excluding carboxylic acids is 3. The van der Waals surface area contributed by atoms with Crippen LogP contribution in [0.25, 0.3) is 0 Å². The standard InChI is InChI=1S/C17H17NO4S/c1-11(19)14-3-5-15(6-4-14)18-17(21)12(2)22-16(20)9-13-7-8-23-10-13/h3-8,10,12H,9H2,1-2H3,(H,18,21)/t12-/m1/s1. The van der Waals surface area contributed by atoms with Crippen molar-refractivity contribution in [3.8, 4) is 0 Å². The van der Waals surface area contributed by atoms with Gasteiger partial charge in [0.05, 0.1) is 6.42 Å². The Hall–Kier alpha value is -2.47. The monoisotopic (exact) mass is 331 g/mol. The quantitative estimate of drug-likeness (QED) is 0.652. The summed E-state index contributed by atoms with van der Waals surface area (Å²) < 4.78 is 5.12. The second-order valence-corrected chi connectivity index (χ2v) is 5.84. The Kier molecular flexibility index (Phi) is 5.65. The van der Waals surface area contributed by atoms with Gasteiger partial charge in [0.1, 0.15) is 0 Å². The van der Waals surface area contributed by atoms with Gasteiger partial charge in [0.25, 0.3) is 5.91 Å². The molecule has 1 aromatic carbocycles. The van der Waals surface area contributed by atoms with Crippen LogP contribution in [0.15, 0.2) is 41.1 Å². The molecule has 0 radical (unpaired) electrons. The van der Waals surface area contributed by atoms with Crippen molar-refractivity contribution < 1.29 is 19.1 Å². The van der Waals surface area contributed by atoms with Gasteiger partial charge in [-0.05, 0) is 60.5 Å². The molecule has 1 aromatic heterocycles. The van der Waals surface area contributed by atoms with E-state index in [-0.39, 0.29) is 12.2 Å². The summed E-state index contributed by atoms with van der Waals surface area (Å²) in [5.74, 6) is -0.907. The van der Waals surface area contributed by atoms with Crippen LogP contribution in [0.5, 0.6) is 0 Å². The van der Waals surface area contributed by atoms with Crippen LogP contribution in [0.2, 0.25) is 0 Å². The Morgan fingerprint density at radius 3 is 2.43 bits per heavy atom. The highest BCUT2D eigenvalue weighted by atomic mass is 32.1. The zero-order chi connectivity index (χ0) is 16.8. The first-order valence-electron chi connectivity index (χ1n) is 7.08. The van der Waals surface area contributed by atoms with Crippen molar-refractivity contribution in [1.29, 1.82) is 0 Å². The summed E-state index contributed by atoms with van der Waals surface area (Å²) in [4.78, 5) is 35.0. The third-order valence-corrected chi connectivity index (χ3v) is 3.90. The Bertz CT molecular complexity index is 692. The SMILES string of the molecule is CC(=O)c1ccc(NC(=O)[C@@H](C)OC(=O)Cc2ccsc2)cc1. The van der Waals surface area contributed by atoms with Gasteiger partial charge in [-0.2, -0.15) is 11.3 Å². The summed E-state index contributed by atoms with van der Waals surface area (Å²) >= 11 is 1.50. The first-order chi connectivity index (χ1) is 11.0. The van der Waals surface area contributed by atoms with Gasteiger partial charge in [-0.3, -0.25) is 14.4 Å². The van der Waals surface area contributed by atoms with Crippen LogP contribution in [-0.2, 0) is 20.7 Å². The lowest BCUT2D eigenvalue weighted by atomic mass is 10.1. The van der Waals surface area contributed by atoms with Crippen LogP contribution in [0.1, 0.15) is 29.8 Å². The van der Waals surface area contributed by atoms with Crippen molar-refractivity contribution in [3.63, 3.8) is 0 Å². The lowest BCUT2D eigenvalue weighted by Crippen LogP contribution is -2.30. The van der Waals surface area contributed by atoms with Gasteiger partial charge in [0, 0.05) is 11.3 Å². The second-order valence-electron chi connectivity index (χ2n) is 5.06. The molecule has 23 heavy (non-hydrogen) atoms. The summed E-state index contributed by atoms with van der Waals surface area (Å²) in [7, 11) is 0. The van der Waals surface area contributed by atoms with E-state index in [4.69, 9.17) is 4.74 Å². The maximum Gasteiger partial charge on any atom is 0.311 e. The topological polar surface area (TPSA) is 72.5 Å². The van der Waals surface area contributed by atoms with Crippen LogP contribution >= 0.6 is 11.3 Å². The van der Waals surface area contributed by atoms with E-state index in [0.29, 0.717) is 11.3 Å². The third kappa shape index (κ3) is 5.03. The molecule has 0 aliphatic rings. The molecule has 5 nitrogen and oxygen atoms in total. The summed E-state index contributed by atoms with van der Waals surface area (Å²) in [6, 6.07) is 8.37. The summed E-state index contributed by atoms with van der Waals surface area (Å²) in [6.45, 7) is 2.99. The molecular formula is C17H17NO4S. The maximum absolute atomic E-state index is 12.0. The first kappa shape index (κ1) is 16.9. The molecule has 1 atom stereocenters. The van der Waals surface area contributed by atoms with E-state index < -0.39 is 18.0 Å². The lowest BCUT2D eigenvalue weighted by molar-refractivity contribution is -0.152. The molecule has 0 fully saturated rings. The number of Topliss-reactive ketones (excluding diaryl/α,β-unsaturated/α-hetero) is 1. The fourth-order valence-corrected chi connectivity index (χ4v) is 2.55. The average Bonchev–Trinajstić information content (AvgIpc) is 3.00. The molecule has 0 aliphatic carbocycles. The highest BCUT2D eigenvalue weighted by Crippen LogP contribution is 2.12. The highest BCUT2D eigenvalue weighted by Gasteiger charge is 2.18. The van der Waals surface area contributed by atoms with Crippen molar-refractivity contribution in [1.82, 2.24) is 0 Å². The van der Waals surface area contributed by atoms with Gasteiger partial charge in [0.15, 0.2) is 11.9 Å². The number of nitrogens with one attached hydrogen (secondary N) is 1. The van der Waals surface area contributed by atoms with E-state index in [1.165, 1.54) is 25.2 Å². The van der Waals surface area contributed by atoms with Gasteiger partial charge in [-0.1, -0.05) is 0 Å². The fraction of sp³-hybridized carbons (Fsp3) is 0.235. The molecule has 2 rings (SSSR count). The van der Waals surface area contributed by atoms with Gasteiger partial charge < -0.3 is 10.1 Å². The van der Waals surface area contributed by atoms with Crippen LogP contribution in [-0.4, -0.2) is 23.8 Å². The number of esters is 1. The van der Waals surface area contributed by atoms with Crippen LogP contribution in [0.3, 0.4) is 0 Å². The zero-order valence-corrected chi connectivity index (χ0v) is 13.7. The predicted octanol–water partition coefficient (Wildman–Crippen LogP) is 3.06. The number of ketones is 1. The van der Waals surface area contributed by atoms with Gasteiger partial charge in [0.2, 0.25) is 0 Å². The molecular weight excluding hydrogens is 314 g/mol. The molecule has 120 valence electrons. The second kappa shape index (κ2) is 7.69. The molecule has 2 aromatic rings. The number of anilines is 1. The van der Waals surface area contributed by atoms with E-state index in [0.717, 1.165) is 5.56 Å². The number of ether oxygens (including phenoxy) is 1. The van der Waals surface area contributed by atoms with Crippen molar-refractivity contribution in [2.45, 2.75) is 26.4 Å². The third-order valence-electron chi connectivity index (χ3n) is 3.16. The molecule has 1 N–H and O–H groups in total. The lowest BCUT2D eigenvalue weighted by Gasteiger charge is -2.13. The molecule has 1 amide bonds. The van der Waals surface area contributed by atoms with Gasteiger partial charge in [-0.25, -0.2) is 0 Å². The Balaban J connectivity index is 1.86. The van der Waals surface area contributed by atoms with Gasteiger partial charge >= 0.3 is 5.97 Å². The molecule has 6 heteroatoms. The summed E-state index contributed by atoms with van der Waals surface area (Å²) in [5.41, 5.74) is 1.98. The number of carbonyl (C=O) groups is 3. The molecule has 0 saturated carbocycles. The van der Waals surface area contributed by atoms with E-state index in [1.54, 1.807) is 24.3 Å². The van der Waals surface area contributed by atoms with E-state index in [9.17, 15) is 14.4 Å². The Morgan fingerprint density at radius 2 is 1.87 bits per heavy atom. The Labute approximate surface area is 138 Å². The largest absolute Gasteiger partial charge is 0.452 e. The minimum Gasteiger partial charge on any atom is -0.452 e. The summed E-state index contributed by atoms with van der Waals surface area (Å²) in [6.07, 6.45) is -0.748. The van der Waals surface area contributed by atoms with Crippen molar-refractivity contribution in [2.24, 2.45) is 0 Å². The van der Waals surface area contributed by atoms with Crippen molar-refractivity contribution in [2.75, 3.05) is 5.32 Å². The smallest absolute Gasteiger partial charge is 0.311 e. The molecule has 0 aliphatic heterocycles. The number of rotatable bonds is 6. The minimum atomic E-state index is -0.895. The van der Waals surface area contributed by atoms with Crippen molar-refractivity contribution in [3.05, 3.63) is 52.2 Å². The van der Waals surface area contributed by atoms with Gasteiger partial charge in [-0.15, -0.1) is 0 Å². The number of hydrogen-bond acceptors (Lipinski definition) is 5. The highest BCUT2D eigenvalue weighted by molar-refractivity contribution is 7.07. The van der Waals surface area contributed by atoms with E-state index in [1.807, 2.05) is 16.8 Å². The number of benzene rings is 1. The molecule has 0 spiro atoms.